The summed E-state index contributed by atoms with van der Waals surface area (Å²) in [7, 11) is 0. The second kappa shape index (κ2) is 6.38. The molecule has 2 rings (SSSR count). The summed E-state index contributed by atoms with van der Waals surface area (Å²) in [6, 6.07) is 9.19. The summed E-state index contributed by atoms with van der Waals surface area (Å²) in [5, 5.41) is 9.49. The Morgan fingerprint density at radius 3 is 2.78 bits per heavy atom. The van der Waals surface area contributed by atoms with Gasteiger partial charge in [0.1, 0.15) is 5.75 Å². The van der Waals surface area contributed by atoms with Gasteiger partial charge in [-0.05, 0) is 29.3 Å². The molecule has 0 aliphatic heterocycles. The third-order valence-corrected chi connectivity index (χ3v) is 2.85. The number of halogens is 1. The highest BCUT2D eigenvalue weighted by atomic mass is 35.5. The Kier molecular flexibility index (Phi) is 4.56. The van der Waals surface area contributed by atoms with E-state index in [2.05, 4.69) is 4.98 Å². The van der Waals surface area contributed by atoms with Gasteiger partial charge in [-0.25, -0.2) is 0 Å². The molecule has 0 aliphatic carbocycles. The highest BCUT2D eigenvalue weighted by Gasteiger charge is 2.03. The first kappa shape index (κ1) is 12.9. The van der Waals surface area contributed by atoms with E-state index >= 15 is 0 Å². The number of hydrogen-bond donors (Lipinski definition) is 1. The van der Waals surface area contributed by atoms with Crippen LogP contribution in [0.15, 0.2) is 42.7 Å². The zero-order valence-corrected chi connectivity index (χ0v) is 10.6. The summed E-state index contributed by atoms with van der Waals surface area (Å²) < 4.78 is 5.60. The maximum atomic E-state index is 8.97. The molecule has 1 heterocycles. The lowest BCUT2D eigenvalue weighted by Gasteiger charge is -2.08. The van der Waals surface area contributed by atoms with E-state index < -0.39 is 0 Å². The summed E-state index contributed by atoms with van der Waals surface area (Å²) in [5.41, 5.74) is 1.90. The van der Waals surface area contributed by atoms with Crippen LogP contribution in [0.25, 0.3) is 0 Å². The van der Waals surface area contributed by atoms with Gasteiger partial charge in [-0.1, -0.05) is 23.7 Å². The van der Waals surface area contributed by atoms with Crippen LogP contribution in [0.3, 0.4) is 0 Å². The molecule has 1 N–H and O–H groups in total. The number of ether oxygens (including phenoxy) is 1. The second-order valence-corrected chi connectivity index (χ2v) is 4.29. The van der Waals surface area contributed by atoms with E-state index in [4.69, 9.17) is 21.4 Å². The van der Waals surface area contributed by atoms with Crippen molar-refractivity contribution in [2.45, 2.75) is 13.0 Å². The predicted molar refractivity (Wildman–Crippen MR) is 70.8 cm³/mol. The molecule has 0 aliphatic rings. The van der Waals surface area contributed by atoms with Crippen molar-refractivity contribution in [1.29, 1.82) is 0 Å². The summed E-state index contributed by atoms with van der Waals surface area (Å²) >= 11 is 6.04. The summed E-state index contributed by atoms with van der Waals surface area (Å²) in [4.78, 5) is 4.04. The molecule has 0 amide bonds. The first-order chi connectivity index (χ1) is 8.79. The Bertz CT molecular complexity index is 502. The molecule has 2 aromatic rings. The van der Waals surface area contributed by atoms with E-state index in [1.54, 1.807) is 24.4 Å². The fourth-order valence-electron chi connectivity index (χ4n) is 1.58. The molecule has 0 unspecified atom stereocenters. The largest absolute Gasteiger partial charge is 0.492 e. The first-order valence-corrected chi connectivity index (χ1v) is 6.08. The lowest BCUT2D eigenvalue weighted by molar-refractivity contribution is 0.281. The number of pyridine rings is 1. The molecular weight excluding hydrogens is 250 g/mol. The van der Waals surface area contributed by atoms with Crippen molar-refractivity contribution >= 4 is 11.6 Å². The maximum Gasteiger partial charge on any atom is 0.137 e. The van der Waals surface area contributed by atoms with Crippen LogP contribution < -0.4 is 4.74 Å². The van der Waals surface area contributed by atoms with Crippen molar-refractivity contribution in [3.05, 3.63) is 58.9 Å². The van der Waals surface area contributed by atoms with Gasteiger partial charge in [0.15, 0.2) is 0 Å². The second-order valence-electron chi connectivity index (χ2n) is 3.88. The average molecular weight is 264 g/mol. The normalized spacial score (nSPS) is 10.3. The summed E-state index contributed by atoms with van der Waals surface area (Å²) in [6.45, 7) is 0.527. The van der Waals surface area contributed by atoms with Crippen LogP contribution >= 0.6 is 11.6 Å². The average Bonchev–Trinajstić information content (AvgIpc) is 2.42. The smallest absolute Gasteiger partial charge is 0.137 e. The zero-order chi connectivity index (χ0) is 12.8. The molecule has 0 radical (unpaired) electrons. The summed E-state index contributed by atoms with van der Waals surface area (Å²) in [5.74, 6) is 0.637. The van der Waals surface area contributed by atoms with E-state index in [0.717, 1.165) is 17.5 Å². The van der Waals surface area contributed by atoms with Crippen LogP contribution in [0.4, 0.5) is 0 Å². The van der Waals surface area contributed by atoms with Crippen LogP contribution in [0.5, 0.6) is 5.75 Å². The first-order valence-electron chi connectivity index (χ1n) is 5.70. The van der Waals surface area contributed by atoms with Crippen LogP contribution in [-0.2, 0) is 13.0 Å². The predicted octanol–water partition coefficient (Wildman–Crippen LogP) is 2.85. The van der Waals surface area contributed by atoms with E-state index in [9.17, 15) is 0 Å². The van der Waals surface area contributed by atoms with Gasteiger partial charge in [-0.2, -0.15) is 0 Å². The van der Waals surface area contributed by atoms with Crippen LogP contribution in [0, 0.1) is 0 Å². The van der Waals surface area contributed by atoms with E-state index in [-0.39, 0.29) is 6.61 Å². The van der Waals surface area contributed by atoms with Gasteiger partial charge in [0.05, 0.1) is 18.2 Å². The molecule has 0 spiro atoms. The number of aromatic nitrogens is 1. The minimum atomic E-state index is -0.0182. The summed E-state index contributed by atoms with van der Waals surface area (Å²) in [6.07, 6.45) is 4.35. The standard InChI is InChI=1S/C14H14ClNO2/c15-13-8-12(10-17)3-4-14(13)18-7-5-11-2-1-6-16-9-11/h1-4,6,8-9,17H,5,7,10H2. The third-order valence-electron chi connectivity index (χ3n) is 2.55. The van der Waals surface area contributed by atoms with Gasteiger partial charge in [-0.3, -0.25) is 4.98 Å². The molecule has 0 atom stereocenters. The van der Waals surface area contributed by atoms with Crippen molar-refractivity contribution in [2.75, 3.05) is 6.61 Å². The lowest BCUT2D eigenvalue weighted by Crippen LogP contribution is -2.02. The van der Waals surface area contributed by atoms with Crippen molar-refractivity contribution in [1.82, 2.24) is 4.98 Å². The molecule has 18 heavy (non-hydrogen) atoms. The Morgan fingerprint density at radius 2 is 2.11 bits per heavy atom. The molecule has 4 heteroatoms. The number of benzene rings is 1. The third kappa shape index (κ3) is 3.45. The fourth-order valence-corrected chi connectivity index (χ4v) is 1.84. The van der Waals surface area contributed by atoms with Crippen molar-refractivity contribution < 1.29 is 9.84 Å². The lowest BCUT2D eigenvalue weighted by atomic mass is 10.2. The van der Waals surface area contributed by atoms with E-state index in [0.29, 0.717) is 17.4 Å². The molecule has 94 valence electrons. The van der Waals surface area contributed by atoms with Crippen LogP contribution in [0.1, 0.15) is 11.1 Å². The number of rotatable bonds is 5. The number of aliphatic hydroxyl groups excluding tert-OH is 1. The number of hydrogen-bond acceptors (Lipinski definition) is 3. The molecule has 1 aromatic heterocycles. The molecule has 0 saturated carbocycles. The Labute approximate surface area is 111 Å². The molecule has 0 bridgehead atoms. The monoisotopic (exact) mass is 263 g/mol. The van der Waals surface area contributed by atoms with Crippen LogP contribution in [0.2, 0.25) is 5.02 Å². The van der Waals surface area contributed by atoms with Gasteiger partial charge in [0, 0.05) is 18.8 Å². The topological polar surface area (TPSA) is 42.4 Å². The van der Waals surface area contributed by atoms with E-state index in [1.807, 2.05) is 18.3 Å². The Balaban J connectivity index is 1.91. The highest BCUT2D eigenvalue weighted by Crippen LogP contribution is 2.25. The van der Waals surface area contributed by atoms with Gasteiger partial charge >= 0.3 is 0 Å². The molecule has 3 nitrogen and oxygen atoms in total. The highest BCUT2D eigenvalue weighted by molar-refractivity contribution is 6.32. The molecular formula is C14H14ClNO2. The molecule has 1 aromatic carbocycles. The molecule has 0 saturated heterocycles. The minimum Gasteiger partial charge on any atom is -0.492 e. The van der Waals surface area contributed by atoms with Crippen molar-refractivity contribution in [3.8, 4) is 5.75 Å². The van der Waals surface area contributed by atoms with Crippen molar-refractivity contribution in [3.63, 3.8) is 0 Å². The Hall–Kier alpha value is -1.58. The number of nitrogens with zero attached hydrogens (tertiary/aromatic N) is 1. The van der Waals surface area contributed by atoms with Gasteiger partial charge < -0.3 is 9.84 Å². The maximum absolute atomic E-state index is 8.97. The van der Waals surface area contributed by atoms with Gasteiger partial charge in [0.2, 0.25) is 0 Å². The van der Waals surface area contributed by atoms with Crippen LogP contribution in [-0.4, -0.2) is 16.7 Å². The van der Waals surface area contributed by atoms with E-state index in [1.165, 1.54) is 0 Å². The van der Waals surface area contributed by atoms with Gasteiger partial charge in [0.25, 0.3) is 0 Å². The minimum absolute atomic E-state index is 0.0182. The fraction of sp³-hybridized carbons (Fsp3) is 0.214. The zero-order valence-electron chi connectivity index (χ0n) is 9.84. The molecule has 0 fully saturated rings. The SMILES string of the molecule is OCc1ccc(OCCc2cccnc2)c(Cl)c1. The number of aliphatic hydroxyl groups is 1. The van der Waals surface area contributed by atoms with Crippen molar-refractivity contribution in [2.24, 2.45) is 0 Å². The van der Waals surface area contributed by atoms with Gasteiger partial charge in [-0.15, -0.1) is 0 Å². The Morgan fingerprint density at radius 1 is 1.22 bits per heavy atom. The quantitative estimate of drug-likeness (QED) is 0.902.